The topological polar surface area (TPSA) is 78.4 Å². The van der Waals surface area contributed by atoms with Crippen molar-refractivity contribution in [1.82, 2.24) is 9.97 Å². The van der Waals surface area contributed by atoms with Crippen LogP contribution in [0.2, 0.25) is 5.15 Å². The summed E-state index contributed by atoms with van der Waals surface area (Å²) in [5.74, 6) is -0.955. The first-order valence-corrected chi connectivity index (χ1v) is 7.41. The van der Waals surface area contributed by atoms with Crippen molar-refractivity contribution in [2.24, 2.45) is 0 Å². The molecule has 6 nitrogen and oxygen atoms in total. The van der Waals surface area contributed by atoms with Crippen LogP contribution in [0.25, 0.3) is 11.4 Å². The quantitative estimate of drug-likeness (QED) is 0.617. The molecule has 0 N–H and O–H groups in total. The van der Waals surface area contributed by atoms with Crippen molar-refractivity contribution in [2.75, 3.05) is 13.2 Å². The molecule has 0 radical (unpaired) electrons. The highest BCUT2D eigenvalue weighted by molar-refractivity contribution is 6.29. The Balaban J connectivity index is 2.40. The van der Waals surface area contributed by atoms with Gasteiger partial charge in [0.15, 0.2) is 0 Å². The SMILES string of the molecule is CCOC(=O)c1ccnc(-c2cc(C(=O)OCC)cc(Cl)n2)c1. The number of aromatic nitrogens is 2. The van der Waals surface area contributed by atoms with E-state index in [4.69, 9.17) is 21.1 Å². The smallest absolute Gasteiger partial charge is 0.338 e. The molecular weight excluding hydrogens is 320 g/mol. The third-order valence-electron chi connectivity index (χ3n) is 2.84. The molecule has 0 spiro atoms. The van der Waals surface area contributed by atoms with E-state index in [2.05, 4.69) is 9.97 Å². The molecule has 0 aliphatic heterocycles. The molecule has 120 valence electrons. The number of esters is 2. The van der Waals surface area contributed by atoms with Gasteiger partial charge in [-0.25, -0.2) is 14.6 Å². The molecule has 0 unspecified atom stereocenters. The third-order valence-corrected chi connectivity index (χ3v) is 3.03. The zero-order chi connectivity index (χ0) is 16.8. The summed E-state index contributed by atoms with van der Waals surface area (Å²) in [6, 6.07) is 6.00. The number of hydrogen-bond acceptors (Lipinski definition) is 6. The lowest BCUT2D eigenvalue weighted by Gasteiger charge is -2.07. The average molecular weight is 335 g/mol. The van der Waals surface area contributed by atoms with Gasteiger partial charge in [-0.05, 0) is 38.1 Å². The Bertz CT molecular complexity index is 734. The lowest BCUT2D eigenvalue weighted by atomic mass is 10.1. The van der Waals surface area contributed by atoms with Gasteiger partial charge in [-0.2, -0.15) is 0 Å². The van der Waals surface area contributed by atoms with Crippen LogP contribution in [0.4, 0.5) is 0 Å². The average Bonchev–Trinajstić information content (AvgIpc) is 2.55. The number of pyridine rings is 2. The number of nitrogens with zero attached hydrogens (tertiary/aromatic N) is 2. The van der Waals surface area contributed by atoms with Crippen LogP contribution < -0.4 is 0 Å². The summed E-state index contributed by atoms with van der Waals surface area (Å²) in [6.07, 6.45) is 1.47. The van der Waals surface area contributed by atoms with E-state index in [0.29, 0.717) is 17.0 Å². The molecule has 23 heavy (non-hydrogen) atoms. The fraction of sp³-hybridized carbons (Fsp3) is 0.250. The zero-order valence-electron chi connectivity index (χ0n) is 12.7. The fourth-order valence-electron chi connectivity index (χ4n) is 1.87. The third kappa shape index (κ3) is 4.26. The molecule has 0 saturated carbocycles. The first kappa shape index (κ1) is 16.9. The highest BCUT2D eigenvalue weighted by Crippen LogP contribution is 2.21. The second-order valence-corrected chi connectivity index (χ2v) is 4.82. The number of rotatable bonds is 5. The first-order valence-electron chi connectivity index (χ1n) is 7.03. The summed E-state index contributed by atoms with van der Waals surface area (Å²) in [5.41, 5.74) is 1.39. The van der Waals surface area contributed by atoms with Gasteiger partial charge in [0.2, 0.25) is 0 Å². The summed E-state index contributed by atoms with van der Waals surface area (Å²) in [4.78, 5) is 31.9. The molecule has 2 rings (SSSR count). The zero-order valence-corrected chi connectivity index (χ0v) is 13.5. The molecule has 0 aliphatic carbocycles. The van der Waals surface area contributed by atoms with E-state index in [1.165, 1.54) is 30.5 Å². The molecule has 2 aromatic rings. The fourth-order valence-corrected chi connectivity index (χ4v) is 2.08. The Morgan fingerprint density at radius 1 is 1.00 bits per heavy atom. The predicted molar refractivity (Wildman–Crippen MR) is 84.4 cm³/mol. The minimum Gasteiger partial charge on any atom is -0.462 e. The highest BCUT2D eigenvalue weighted by Gasteiger charge is 2.14. The van der Waals surface area contributed by atoms with E-state index in [1.807, 2.05) is 0 Å². The van der Waals surface area contributed by atoms with Crippen molar-refractivity contribution in [3.63, 3.8) is 0 Å². The van der Waals surface area contributed by atoms with Gasteiger partial charge in [-0.15, -0.1) is 0 Å². The molecule has 2 aromatic heterocycles. The minimum absolute atomic E-state index is 0.133. The molecular formula is C16H15ClN2O4. The molecule has 0 fully saturated rings. The second-order valence-electron chi connectivity index (χ2n) is 4.43. The lowest BCUT2D eigenvalue weighted by Crippen LogP contribution is -2.07. The van der Waals surface area contributed by atoms with Crippen molar-refractivity contribution in [3.8, 4) is 11.4 Å². The molecule has 0 saturated heterocycles. The van der Waals surface area contributed by atoms with Gasteiger partial charge in [0, 0.05) is 6.20 Å². The van der Waals surface area contributed by atoms with Gasteiger partial charge >= 0.3 is 11.9 Å². The molecule has 0 aromatic carbocycles. The largest absolute Gasteiger partial charge is 0.462 e. The molecule has 0 amide bonds. The van der Waals surface area contributed by atoms with Crippen molar-refractivity contribution in [1.29, 1.82) is 0 Å². The molecule has 0 aliphatic rings. The molecule has 2 heterocycles. The van der Waals surface area contributed by atoms with E-state index < -0.39 is 11.9 Å². The molecule has 7 heteroatoms. The van der Waals surface area contributed by atoms with Gasteiger partial charge in [0.1, 0.15) is 5.15 Å². The summed E-state index contributed by atoms with van der Waals surface area (Å²) in [5, 5.41) is 0.133. The van der Waals surface area contributed by atoms with Crippen LogP contribution in [-0.4, -0.2) is 35.1 Å². The number of carbonyl (C=O) groups is 2. The predicted octanol–water partition coefficient (Wildman–Crippen LogP) is 3.15. The lowest BCUT2D eigenvalue weighted by molar-refractivity contribution is 0.0516. The van der Waals surface area contributed by atoms with Crippen molar-refractivity contribution < 1.29 is 19.1 Å². The van der Waals surface area contributed by atoms with Crippen LogP contribution in [0.3, 0.4) is 0 Å². The van der Waals surface area contributed by atoms with Gasteiger partial charge in [0.05, 0.1) is 35.7 Å². The maximum atomic E-state index is 11.8. The van der Waals surface area contributed by atoms with Crippen LogP contribution in [0.5, 0.6) is 0 Å². The maximum absolute atomic E-state index is 11.8. The van der Waals surface area contributed by atoms with Crippen molar-refractivity contribution in [3.05, 3.63) is 46.7 Å². The standard InChI is InChI=1S/C16H15ClN2O4/c1-3-22-15(20)10-5-6-18-12(7-10)13-8-11(9-14(17)19-13)16(21)23-4-2/h5-9H,3-4H2,1-2H3. The number of carbonyl (C=O) groups excluding carboxylic acids is 2. The number of hydrogen-bond donors (Lipinski definition) is 0. The molecule has 0 bridgehead atoms. The van der Waals surface area contributed by atoms with E-state index in [1.54, 1.807) is 13.8 Å². The summed E-state index contributed by atoms with van der Waals surface area (Å²) >= 11 is 5.96. The highest BCUT2D eigenvalue weighted by atomic mass is 35.5. The van der Waals surface area contributed by atoms with Crippen LogP contribution in [0, 0.1) is 0 Å². The van der Waals surface area contributed by atoms with E-state index >= 15 is 0 Å². The molecule has 0 atom stereocenters. The van der Waals surface area contributed by atoms with Crippen LogP contribution in [-0.2, 0) is 9.47 Å². The Morgan fingerprint density at radius 3 is 2.26 bits per heavy atom. The Kier molecular flexibility index (Phi) is 5.65. The Morgan fingerprint density at radius 2 is 1.61 bits per heavy atom. The number of halogens is 1. The van der Waals surface area contributed by atoms with E-state index in [0.717, 1.165) is 0 Å². The first-order chi connectivity index (χ1) is 11.0. The minimum atomic E-state index is -0.500. The van der Waals surface area contributed by atoms with Crippen molar-refractivity contribution >= 4 is 23.5 Å². The summed E-state index contributed by atoms with van der Waals surface area (Å²) < 4.78 is 9.90. The second kappa shape index (κ2) is 7.69. The summed E-state index contributed by atoms with van der Waals surface area (Å²) in [6.45, 7) is 3.97. The van der Waals surface area contributed by atoms with Crippen LogP contribution >= 0.6 is 11.6 Å². The van der Waals surface area contributed by atoms with E-state index in [9.17, 15) is 9.59 Å². The van der Waals surface area contributed by atoms with Crippen LogP contribution in [0.15, 0.2) is 30.5 Å². The summed E-state index contributed by atoms with van der Waals surface area (Å²) in [7, 11) is 0. The van der Waals surface area contributed by atoms with Crippen molar-refractivity contribution in [2.45, 2.75) is 13.8 Å². The van der Waals surface area contributed by atoms with Gasteiger partial charge in [-0.3, -0.25) is 4.98 Å². The van der Waals surface area contributed by atoms with Gasteiger partial charge < -0.3 is 9.47 Å². The van der Waals surface area contributed by atoms with Crippen LogP contribution in [0.1, 0.15) is 34.6 Å². The Hall–Kier alpha value is -2.47. The number of ether oxygens (including phenoxy) is 2. The monoisotopic (exact) mass is 334 g/mol. The van der Waals surface area contributed by atoms with Gasteiger partial charge in [-0.1, -0.05) is 11.6 Å². The van der Waals surface area contributed by atoms with Gasteiger partial charge in [0.25, 0.3) is 0 Å². The maximum Gasteiger partial charge on any atom is 0.338 e. The Labute approximate surface area is 138 Å². The van der Waals surface area contributed by atoms with E-state index in [-0.39, 0.29) is 23.9 Å². The normalized spacial score (nSPS) is 10.2.